The lowest BCUT2D eigenvalue weighted by molar-refractivity contribution is 1.64. The number of benzene rings is 10. The van der Waals surface area contributed by atoms with Crippen molar-refractivity contribution in [3.8, 4) is 33.4 Å². The normalized spacial score (nSPS) is 12.1. The fraction of sp³-hybridized carbons (Fsp3) is 0. The van der Waals surface area contributed by atoms with Gasteiger partial charge in [0, 0.05) is 45.9 Å². The van der Waals surface area contributed by atoms with Crippen LogP contribution in [0.5, 0.6) is 0 Å². The van der Waals surface area contributed by atoms with Crippen LogP contribution in [0.2, 0.25) is 0 Å². The molecule has 2 heteroatoms. The maximum absolute atomic E-state index is 2.49. The highest BCUT2D eigenvalue weighted by atomic mass is 32.1. The minimum absolute atomic E-state index is 1.24. The van der Waals surface area contributed by atoms with Crippen molar-refractivity contribution in [2.75, 3.05) is 0 Å². The summed E-state index contributed by atoms with van der Waals surface area (Å²) in [4.78, 5) is 0. The fourth-order valence-electron chi connectivity index (χ4n) is 9.20. The molecule has 250 valence electrons. The van der Waals surface area contributed by atoms with Gasteiger partial charge in [0.15, 0.2) is 0 Å². The van der Waals surface area contributed by atoms with Crippen molar-refractivity contribution in [1.82, 2.24) is 0 Å². The van der Waals surface area contributed by atoms with E-state index in [4.69, 9.17) is 0 Å². The zero-order chi connectivity index (χ0) is 35.3. The summed E-state index contributed by atoms with van der Waals surface area (Å²) in [6.07, 6.45) is 0. The summed E-state index contributed by atoms with van der Waals surface area (Å²) in [6.45, 7) is 0. The van der Waals surface area contributed by atoms with Crippen molar-refractivity contribution < 1.29 is 0 Å². The van der Waals surface area contributed by atoms with Crippen molar-refractivity contribution in [1.29, 1.82) is 0 Å². The van der Waals surface area contributed by atoms with Crippen molar-refractivity contribution in [3.63, 3.8) is 0 Å². The van der Waals surface area contributed by atoms with Crippen LogP contribution in [0.4, 0.5) is 0 Å². The van der Waals surface area contributed by atoms with E-state index in [2.05, 4.69) is 182 Å². The summed E-state index contributed by atoms with van der Waals surface area (Å²) in [6, 6.07) is 67.7. The van der Waals surface area contributed by atoms with Crippen LogP contribution in [0.25, 0.3) is 117 Å². The van der Waals surface area contributed by atoms with Gasteiger partial charge < -0.3 is 0 Å². The molecule has 0 amide bonds. The third-order valence-electron chi connectivity index (χ3n) is 11.5. The number of hydrogen-bond donors (Lipinski definition) is 0. The highest BCUT2D eigenvalue weighted by molar-refractivity contribution is 7.28. The minimum Gasteiger partial charge on any atom is -0.135 e. The maximum Gasteiger partial charge on any atom is 0.0441 e. The SMILES string of the molecule is c1ccc(-c2ccc(-c3c4ccccc4c(-c4c5sc6ccc7ccccc7c6c5cc5sc6ccccc6c45)c4ccccc34)c3ccccc23)cc1. The van der Waals surface area contributed by atoms with Crippen LogP contribution < -0.4 is 0 Å². The Bertz CT molecular complexity index is 3430. The first-order valence-electron chi connectivity index (χ1n) is 18.5. The topological polar surface area (TPSA) is 0 Å². The molecule has 2 heterocycles. The molecular weight excluding hydrogens is 689 g/mol. The summed E-state index contributed by atoms with van der Waals surface area (Å²) in [5.74, 6) is 0. The van der Waals surface area contributed by atoms with Gasteiger partial charge in [-0.3, -0.25) is 0 Å². The average molecular weight is 719 g/mol. The Kier molecular flexibility index (Phi) is 6.48. The van der Waals surface area contributed by atoms with E-state index in [9.17, 15) is 0 Å². The van der Waals surface area contributed by atoms with Crippen molar-refractivity contribution in [2.24, 2.45) is 0 Å². The molecule has 54 heavy (non-hydrogen) atoms. The Morgan fingerprint density at radius 1 is 0.278 bits per heavy atom. The first kappa shape index (κ1) is 30.2. The van der Waals surface area contributed by atoms with Gasteiger partial charge in [-0.15, -0.1) is 22.7 Å². The standard InChI is InChI=1S/C52H30S2/c1-2-14-31(15-3-1)33-27-28-41(36-19-7-6-18-35(33)36)47-37-20-8-10-22-39(37)49(40-23-11-9-21-38(40)47)51-50-42-24-12-13-25-44(42)53-46(50)30-43-48-34-17-5-4-16-32(34)26-29-45(48)54-52(43)51/h1-30H. The van der Waals surface area contributed by atoms with Gasteiger partial charge in [0.05, 0.1) is 0 Å². The molecular formula is C52H30S2. The second-order valence-electron chi connectivity index (χ2n) is 14.3. The summed E-state index contributed by atoms with van der Waals surface area (Å²) in [5.41, 5.74) is 7.74. The molecule has 12 rings (SSSR count). The molecule has 0 radical (unpaired) electrons. The van der Waals surface area contributed by atoms with E-state index >= 15 is 0 Å². The van der Waals surface area contributed by atoms with E-state index in [1.807, 2.05) is 22.7 Å². The van der Waals surface area contributed by atoms with Gasteiger partial charge in [-0.2, -0.15) is 0 Å². The number of thiophene rings is 2. The predicted molar refractivity (Wildman–Crippen MR) is 239 cm³/mol. The van der Waals surface area contributed by atoms with Gasteiger partial charge in [0.2, 0.25) is 0 Å². The van der Waals surface area contributed by atoms with Gasteiger partial charge in [-0.05, 0) is 89.1 Å². The zero-order valence-corrected chi connectivity index (χ0v) is 30.8. The van der Waals surface area contributed by atoms with Gasteiger partial charge in [-0.1, -0.05) is 164 Å². The third kappa shape index (κ3) is 4.24. The highest BCUT2D eigenvalue weighted by Crippen LogP contribution is 2.54. The molecule has 0 fully saturated rings. The smallest absolute Gasteiger partial charge is 0.0441 e. The molecule has 0 aliphatic carbocycles. The maximum atomic E-state index is 2.49. The number of fused-ring (bicyclic) bond motifs is 11. The molecule has 0 N–H and O–H groups in total. The van der Waals surface area contributed by atoms with Crippen LogP contribution >= 0.6 is 22.7 Å². The summed E-state index contributed by atoms with van der Waals surface area (Å²) >= 11 is 3.87. The number of hydrogen-bond acceptors (Lipinski definition) is 2. The minimum atomic E-state index is 1.24. The predicted octanol–water partition coefficient (Wildman–Crippen LogP) is 16.0. The molecule has 0 aliphatic rings. The third-order valence-corrected chi connectivity index (χ3v) is 13.8. The Labute approximate surface area is 319 Å². The van der Waals surface area contributed by atoms with Crippen LogP contribution in [0.15, 0.2) is 182 Å². The monoisotopic (exact) mass is 718 g/mol. The van der Waals surface area contributed by atoms with Gasteiger partial charge in [0.25, 0.3) is 0 Å². The Hall–Kier alpha value is -6.32. The highest BCUT2D eigenvalue weighted by Gasteiger charge is 2.25. The Morgan fingerprint density at radius 3 is 1.56 bits per heavy atom. The summed E-state index contributed by atoms with van der Waals surface area (Å²) in [7, 11) is 0. The molecule has 2 aromatic heterocycles. The lowest BCUT2D eigenvalue weighted by atomic mass is 9.83. The second kappa shape index (κ2) is 11.6. The molecule has 0 atom stereocenters. The van der Waals surface area contributed by atoms with Gasteiger partial charge in [0.1, 0.15) is 0 Å². The summed E-state index contributed by atoms with van der Waals surface area (Å²) < 4.78 is 5.36. The average Bonchev–Trinajstić information content (AvgIpc) is 3.80. The first-order valence-corrected chi connectivity index (χ1v) is 20.1. The lowest BCUT2D eigenvalue weighted by Gasteiger charge is -2.20. The summed E-state index contributed by atoms with van der Waals surface area (Å²) in [5, 5.41) is 15.7. The Balaban J connectivity index is 1.27. The molecule has 0 bridgehead atoms. The van der Waals surface area contributed by atoms with Crippen LogP contribution in [-0.4, -0.2) is 0 Å². The van der Waals surface area contributed by atoms with E-state index in [0.717, 1.165) is 0 Å². The molecule has 0 aliphatic heterocycles. The van der Waals surface area contributed by atoms with E-state index in [1.54, 1.807) is 0 Å². The van der Waals surface area contributed by atoms with Crippen LogP contribution in [0.3, 0.4) is 0 Å². The van der Waals surface area contributed by atoms with Crippen molar-refractivity contribution >= 4 is 106 Å². The largest absolute Gasteiger partial charge is 0.135 e. The van der Waals surface area contributed by atoms with E-state index in [1.165, 1.54) is 117 Å². The quantitative estimate of drug-likeness (QED) is 0.160. The van der Waals surface area contributed by atoms with E-state index < -0.39 is 0 Å². The van der Waals surface area contributed by atoms with Crippen LogP contribution in [-0.2, 0) is 0 Å². The molecule has 0 saturated heterocycles. The van der Waals surface area contributed by atoms with Crippen molar-refractivity contribution in [3.05, 3.63) is 182 Å². The van der Waals surface area contributed by atoms with E-state index in [-0.39, 0.29) is 0 Å². The van der Waals surface area contributed by atoms with E-state index in [0.29, 0.717) is 0 Å². The molecule has 0 unspecified atom stereocenters. The van der Waals surface area contributed by atoms with Crippen molar-refractivity contribution in [2.45, 2.75) is 0 Å². The Morgan fingerprint density at radius 2 is 0.833 bits per heavy atom. The first-order chi connectivity index (χ1) is 26.8. The number of rotatable bonds is 3. The molecule has 10 aromatic carbocycles. The molecule has 0 saturated carbocycles. The van der Waals surface area contributed by atoms with Gasteiger partial charge >= 0.3 is 0 Å². The second-order valence-corrected chi connectivity index (χ2v) is 16.4. The molecule has 0 spiro atoms. The molecule has 12 aromatic rings. The lowest BCUT2D eigenvalue weighted by Crippen LogP contribution is -1.93. The fourth-order valence-corrected chi connectivity index (χ4v) is 11.6. The zero-order valence-electron chi connectivity index (χ0n) is 29.1. The molecule has 0 nitrogen and oxygen atoms in total. The van der Waals surface area contributed by atoms with Crippen LogP contribution in [0, 0.1) is 0 Å². The van der Waals surface area contributed by atoms with Crippen LogP contribution in [0.1, 0.15) is 0 Å². The van der Waals surface area contributed by atoms with Gasteiger partial charge in [-0.25, -0.2) is 0 Å².